The molecule has 13 heavy (non-hydrogen) atoms. The first-order valence-electron chi connectivity index (χ1n) is 4.10. The van der Waals surface area contributed by atoms with Crippen molar-refractivity contribution in [2.24, 2.45) is 0 Å². The summed E-state index contributed by atoms with van der Waals surface area (Å²) in [6, 6.07) is 4.48. The van der Waals surface area contributed by atoms with Crippen molar-refractivity contribution in [3.8, 4) is 0 Å². The SMILES string of the molecule is CCc1cc(C(=O)O)ccc1CF. The van der Waals surface area contributed by atoms with Crippen LogP contribution >= 0.6 is 0 Å². The average Bonchev–Trinajstić information content (AvgIpc) is 2.16. The van der Waals surface area contributed by atoms with Gasteiger partial charge in [-0.15, -0.1) is 0 Å². The Bertz CT molecular complexity index is 321. The molecule has 3 heteroatoms. The zero-order valence-electron chi connectivity index (χ0n) is 7.38. The van der Waals surface area contributed by atoms with Crippen LogP contribution < -0.4 is 0 Å². The summed E-state index contributed by atoms with van der Waals surface area (Å²) in [5, 5.41) is 8.67. The quantitative estimate of drug-likeness (QED) is 0.779. The Hall–Kier alpha value is -1.38. The molecule has 0 aromatic heterocycles. The van der Waals surface area contributed by atoms with Gasteiger partial charge in [-0.1, -0.05) is 13.0 Å². The number of aromatic carboxylic acids is 1. The van der Waals surface area contributed by atoms with E-state index in [1.54, 1.807) is 0 Å². The van der Waals surface area contributed by atoms with Crippen molar-refractivity contribution in [3.63, 3.8) is 0 Å². The van der Waals surface area contributed by atoms with Gasteiger partial charge in [0.25, 0.3) is 0 Å². The van der Waals surface area contributed by atoms with Gasteiger partial charge in [0, 0.05) is 0 Å². The van der Waals surface area contributed by atoms with Crippen molar-refractivity contribution in [3.05, 3.63) is 34.9 Å². The molecule has 0 heterocycles. The first kappa shape index (κ1) is 9.71. The van der Waals surface area contributed by atoms with Gasteiger partial charge in [0.05, 0.1) is 5.56 Å². The highest BCUT2D eigenvalue weighted by atomic mass is 19.1. The van der Waals surface area contributed by atoms with Crippen molar-refractivity contribution in [2.45, 2.75) is 20.0 Å². The van der Waals surface area contributed by atoms with Crippen molar-refractivity contribution < 1.29 is 14.3 Å². The van der Waals surface area contributed by atoms with Gasteiger partial charge >= 0.3 is 5.97 Å². The molecule has 0 spiro atoms. The molecule has 0 bridgehead atoms. The first-order chi connectivity index (χ1) is 6.19. The number of carboxylic acids is 1. The van der Waals surface area contributed by atoms with Gasteiger partial charge in [-0.3, -0.25) is 0 Å². The molecule has 0 amide bonds. The van der Waals surface area contributed by atoms with Gasteiger partial charge in [0.2, 0.25) is 0 Å². The zero-order chi connectivity index (χ0) is 9.84. The summed E-state index contributed by atoms with van der Waals surface area (Å²) < 4.78 is 12.4. The van der Waals surface area contributed by atoms with E-state index in [1.807, 2.05) is 6.92 Å². The van der Waals surface area contributed by atoms with Gasteiger partial charge < -0.3 is 5.11 Å². The molecule has 70 valence electrons. The lowest BCUT2D eigenvalue weighted by molar-refractivity contribution is 0.0696. The zero-order valence-corrected chi connectivity index (χ0v) is 7.38. The summed E-state index contributed by atoms with van der Waals surface area (Å²) >= 11 is 0. The Morgan fingerprint density at radius 3 is 2.62 bits per heavy atom. The Balaban J connectivity index is 3.13. The standard InChI is InChI=1S/C10H11FO2/c1-2-7-5-8(10(12)13)3-4-9(7)6-11/h3-5H,2,6H2,1H3,(H,12,13). The number of hydrogen-bond donors (Lipinski definition) is 1. The van der Waals surface area contributed by atoms with Crippen LogP contribution in [0.4, 0.5) is 4.39 Å². The number of halogens is 1. The summed E-state index contributed by atoms with van der Waals surface area (Å²) in [4.78, 5) is 10.6. The van der Waals surface area contributed by atoms with Crippen LogP contribution in [0.25, 0.3) is 0 Å². The van der Waals surface area contributed by atoms with Crippen LogP contribution in [0.5, 0.6) is 0 Å². The third kappa shape index (κ3) is 2.05. The van der Waals surface area contributed by atoms with Crippen molar-refractivity contribution in [1.29, 1.82) is 0 Å². The number of rotatable bonds is 3. The van der Waals surface area contributed by atoms with Crippen LogP contribution in [-0.4, -0.2) is 11.1 Å². The minimum absolute atomic E-state index is 0.217. The van der Waals surface area contributed by atoms with E-state index >= 15 is 0 Å². The second-order valence-electron chi connectivity index (χ2n) is 2.78. The van der Waals surface area contributed by atoms with Crippen molar-refractivity contribution in [2.75, 3.05) is 0 Å². The molecule has 0 aliphatic heterocycles. The molecule has 2 nitrogen and oxygen atoms in total. The van der Waals surface area contributed by atoms with Crippen molar-refractivity contribution >= 4 is 5.97 Å². The van der Waals surface area contributed by atoms with Gasteiger partial charge in [-0.25, -0.2) is 9.18 Å². The Kier molecular flexibility index (Phi) is 3.01. The maximum absolute atomic E-state index is 12.4. The Labute approximate surface area is 76.0 Å². The number of benzene rings is 1. The van der Waals surface area contributed by atoms with Gasteiger partial charge in [-0.05, 0) is 29.7 Å². The molecule has 1 aromatic rings. The van der Waals surface area contributed by atoms with Crippen LogP contribution in [0.1, 0.15) is 28.4 Å². The van der Waals surface area contributed by atoms with Crippen LogP contribution in [-0.2, 0) is 13.1 Å². The lowest BCUT2D eigenvalue weighted by atomic mass is 10.0. The summed E-state index contributed by atoms with van der Waals surface area (Å²) in [6.45, 7) is 1.34. The second-order valence-corrected chi connectivity index (χ2v) is 2.78. The number of carbonyl (C=O) groups is 1. The fraction of sp³-hybridized carbons (Fsp3) is 0.300. The first-order valence-corrected chi connectivity index (χ1v) is 4.10. The van der Waals surface area contributed by atoms with E-state index in [9.17, 15) is 9.18 Å². The second kappa shape index (κ2) is 4.03. The fourth-order valence-corrected chi connectivity index (χ4v) is 1.22. The van der Waals surface area contributed by atoms with E-state index in [0.717, 1.165) is 5.56 Å². The number of hydrogen-bond acceptors (Lipinski definition) is 1. The van der Waals surface area contributed by atoms with Crippen LogP contribution in [0.15, 0.2) is 18.2 Å². The highest BCUT2D eigenvalue weighted by molar-refractivity contribution is 5.87. The molecule has 1 N–H and O–H groups in total. The molecule has 0 saturated heterocycles. The molecule has 0 unspecified atom stereocenters. The monoisotopic (exact) mass is 182 g/mol. The lowest BCUT2D eigenvalue weighted by Crippen LogP contribution is -1.99. The van der Waals surface area contributed by atoms with Crippen LogP contribution in [0.2, 0.25) is 0 Å². The van der Waals surface area contributed by atoms with Crippen molar-refractivity contribution in [1.82, 2.24) is 0 Å². The smallest absolute Gasteiger partial charge is 0.335 e. The molecular formula is C10H11FO2. The normalized spacial score (nSPS) is 10.0. The van der Waals surface area contributed by atoms with E-state index in [2.05, 4.69) is 0 Å². The molecule has 0 aliphatic rings. The summed E-state index contributed by atoms with van der Waals surface area (Å²) in [5.74, 6) is -0.972. The highest BCUT2D eigenvalue weighted by Gasteiger charge is 2.06. The van der Waals surface area contributed by atoms with E-state index in [0.29, 0.717) is 12.0 Å². The van der Waals surface area contributed by atoms with E-state index < -0.39 is 12.6 Å². The summed E-state index contributed by atoms with van der Waals surface area (Å²) in [6.07, 6.45) is 0.653. The third-order valence-corrected chi connectivity index (χ3v) is 1.98. The van der Waals surface area contributed by atoms with Gasteiger partial charge in [-0.2, -0.15) is 0 Å². The topological polar surface area (TPSA) is 37.3 Å². The minimum Gasteiger partial charge on any atom is -0.478 e. The number of carboxylic acid groups (broad SMARTS) is 1. The maximum Gasteiger partial charge on any atom is 0.335 e. The van der Waals surface area contributed by atoms with Gasteiger partial charge in [0.15, 0.2) is 0 Å². The molecule has 0 radical (unpaired) electrons. The van der Waals surface area contributed by atoms with E-state index in [-0.39, 0.29) is 5.56 Å². The van der Waals surface area contributed by atoms with Crippen LogP contribution in [0, 0.1) is 0 Å². The van der Waals surface area contributed by atoms with E-state index in [4.69, 9.17) is 5.11 Å². The summed E-state index contributed by atoms with van der Waals surface area (Å²) in [7, 11) is 0. The molecule has 1 rings (SSSR count). The molecule has 1 aromatic carbocycles. The predicted molar refractivity (Wildman–Crippen MR) is 47.6 cm³/mol. The average molecular weight is 182 g/mol. The molecule has 0 atom stereocenters. The van der Waals surface area contributed by atoms with Gasteiger partial charge in [0.1, 0.15) is 6.67 Å². The molecule has 0 fully saturated rings. The predicted octanol–water partition coefficient (Wildman–Crippen LogP) is 2.42. The number of alkyl halides is 1. The summed E-state index contributed by atoms with van der Waals surface area (Å²) in [5.41, 5.74) is 1.56. The van der Waals surface area contributed by atoms with Crippen LogP contribution in [0.3, 0.4) is 0 Å². The Morgan fingerprint density at radius 2 is 2.15 bits per heavy atom. The van der Waals surface area contributed by atoms with E-state index in [1.165, 1.54) is 18.2 Å². The highest BCUT2D eigenvalue weighted by Crippen LogP contribution is 2.14. The molecule has 0 aliphatic carbocycles. The fourth-order valence-electron chi connectivity index (χ4n) is 1.22. The lowest BCUT2D eigenvalue weighted by Gasteiger charge is -2.04. The Morgan fingerprint density at radius 1 is 1.46 bits per heavy atom. The largest absolute Gasteiger partial charge is 0.478 e. The number of aryl methyl sites for hydroxylation is 1. The third-order valence-electron chi connectivity index (χ3n) is 1.98. The minimum atomic E-state index is -0.972. The molecule has 0 saturated carbocycles. The maximum atomic E-state index is 12.4. The molecular weight excluding hydrogens is 171 g/mol.